The molecule has 248 valence electrons. The Balaban J connectivity index is 0.000000440. The molecule has 7 N–H and O–H groups in total. The molecule has 0 radical (unpaired) electrons. The van der Waals surface area contributed by atoms with Gasteiger partial charge in [-0.2, -0.15) is 26.3 Å². The third-order valence-electron chi connectivity index (χ3n) is 5.92. The molecule has 2 heterocycles. The van der Waals surface area contributed by atoms with Crippen LogP contribution in [0.25, 0.3) is 0 Å². The van der Waals surface area contributed by atoms with E-state index in [0.717, 1.165) is 46.9 Å². The Hall–Kier alpha value is -5.35. The molecule has 1 aliphatic rings. The van der Waals surface area contributed by atoms with E-state index in [1.807, 2.05) is 24.4 Å². The quantitative estimate of drug-likeness (QED) is 0.0896. The van der Waals surface area contributed by atoms with Gasteiger partial charge in [-0.1, -0.05) is 42.5 Å². The fourth-order valence-corrected chi connectivity index (χ4v) is 3.89. The van der Waals surface area contributed by atoms with Crippen molar-refractivity contribution in [3.8, 4) is 0 Å². The summed E-state index contributed by atoms with van der Waals surface area (Å²) in [7, 11) is 0. The van der Waals surface area contributed by atoms with Gasteiger partial charge in [-0.15, -0.1) is 0 Å². The van der Waals surface area contributed by atoms with Gasteiger partial charge in [0.25, 0.3) is 0 Å². The number of rotatable bonds is 8. The van der Waals surface area contributed by atoms with Crippen LogP contribution in [0.4, 0.5) is 26.3 Å². The van der Waals surface area contributed by atoms with Gasteiger partial charge in [-0.3, -0.25) is 10.4 Å². The lowest BCUT2D eigenvalue weighted by Crippen LogP contribution is -2.21. The maximum Gasteiger partial charge on any atom is 0.490 e. The number of aromatic amines is 1. The van der Waals surface area contributed by atoms with E-state index < -0.39 is 24.3 Å². The number of carboxylic acid groups (broad SMARTS) is 2. The maximum absolute atomic E-state index is 12.8. The van der Waals surface area contributed by atoms with Crippen molar-refractivity contribution in [3.63, 3.8) is 0 Å². The summed E-state index contributed by atoms with van der Waals surface area (Å²) in [5.74, 6) is -4.89. The Morgan fingerprint density at radius 2 is 1.54 bits per heavy atom. The van der Waals surface area contributed by atoms with Crippen molar-refractivity contribution >= 4 is 29.6 Å². The summed E-state index contributed by atoms with van der Waals surface area (Å²) >= 11 is 0. The number of nitrogens with zero attached hydrogens (tertiary/aromatic N) is 1. The summed E-state index contributed by atoms with van der Waals surface area (Å²) in [6.07, 6.45) is -7.16. The van der Waals surface area contributed by atoms with E-state index in [1.165, 1.54) is 0 Å². The largest absolute Gasteiger partial charge is 0.490 e. The first-order chi connectivity index (χ1) is 21.4. The number of hydrogen-bond acceptors (Lipinski definition) is 7. The monoisotopic (exact) mass is 657 g/mol. The number of benzene rings is 2. The number of amidine groups is 2. The Kier molecular flexibility index (Phi) is 12.9. The molecule has 0 saturated heterocycles. The Morgan fingerprint density at radius 3 is 2.02 bits per heavy atom. The first-order valence-corrected chi connectivity index (χ1v) is 13.2. The molecule has 0 aliphatic carbocycles. The predicted molar refractivity (Wildman–Crippen MR) is 153 cm³/mol. The SMILES string of the molecule is CCOC(=O)c1c(Cc2ccc(C3=NCCN3)cc2)c[nH]c1Cc1cccc(C(=N)N)c1.O=C(O)C(F)(F)F.O=C(O)C(F)(F)F. The highest BCUT2D eigenvalue weighted by atomic mass is 19.4. The van der Waals surface area contributed by atoms with E-state index >= 15 is 0 Å². The Morgan fingerprint density at radius 1 is 0.957 bits per heavy atom. The molecule has 11 nitrogen and oxygen atoms in total. The number of aliphatic carboxylic acids is 2. The molecule has 3 aromatic rings. The molecule has 0 bridgehead atoms. The molecule has 0 amide bonds. The van der Waals surface area contributed by atoms with Crippen molar-refractivity contribution in [1.82, 2.24) is 10.3 Å². The van der Waals surface area contributed by atoms with Gasteiger partial charge in [-0.25, -0.2) is 14.4 Å². The van der Waals surface area contributed by atoms with Crippen LogP contribution in [0.5, 0.6) is 0 Å². The number of esters is 1. The van der Waals surface area contributed by atoms with Crippen molar-refractivity contribution in [2.24, 2.45) is 10.7 Å². The highest BCUT2D eigenvalue weighted by Crippen LogP contribution is 2.23. The van der Waals surface area contributed by atoms with Crippen molar-refractivity contribution in [2.45, 2.75) is 32.1 Å². The van der Waals surface area contributed by atoms with E-state index in [2.05, 4.69) is 39.6 Å². The van der Waals surface area contributed by atoms with Crippen LogP contribution in [0.15, 0.2) is 59.7 Å². The van der Waals surface area contributed by atoms with Crippen LogP contribution in [0.3, 0.4) is 0 Å². The highest BCUT2D eigenvalue weighted by Gasteiger charge is 2.38. The number of aliphatic imine (C=N–C) groups is 1. The minimum absolute atomic E-state index is 0.0202. The van der Waals surface area contributed by atoms with Crippen molar-refractivity contribution in [2.75, 3.05) is 19.7 Å². The molecule has 0 atom stereocenters. The molecule has 0 spiro atoms. The average molecular weight is 658 g/mol. The zero-order chi connectivity index (χ0) is 34.7. The number of hydrogen-bond donors (Lipinski definition) is 6. The number of nitrogen functional groups attached to an aromatic ring is 1. The number of nitrogens with two attached hydrogens (primary N) is 1. The van der Waals surface area contributed by atoms with Gasteiger partial charge >= 0.3 is 30.3 Å². The number of carbonyl (C=O) groups is 3. The van der Waals surface area contributed by atoms with Crippen molar-refractivity contribution in [3.05, 3.63) is 93.8 Å². The van der Waals surface area contributed by atoms with Crippen LogP contribution >= 0.6 is 0 Å². The predicted octanol–water partition coefficient (Wildman–Crippen LogP) is 4.27. The fourth-order valence-electron chi connectivity index (χ4n) is 3.89. The highest BCUT2D eigenvalue weighted by molar-refractivity contribution is 5.99. The number of ether oxygens (including phenoxy) is 1. The molecule has 46 heavy (non-hydrogen) atoms. The van der Waals surface area contributed by atoms with E-state index in [9.17, 15) is 31.1 Å². The van der Waals surface area contributed by atoms with Gasteiger partial charge < -0.3 is 31.0 Å². The summed E-state index contributed by atoms with van der Waals surface area (Å²) in [5.41, 5.74) is 11.7. The molecule has 4 rings (SSSR count). The van der Waals surface area contributed by atoms with Crippen LogP contribution in [-0.4, -0.2) is 76.8 Å². The van der Waals surface area contributed by atoms with Gasteiger partial charge in [0, 0.05) is 36.0 Å². The minimum atomic E-state index is -5.08. The van der Waals surface area contributed by atoms with Gasteiger partial charge in [-0.05, 0) is 36.1 Å². The van der Waals surface area contributed by atoms with Crippen LogP contribution in [0.2, 0.25) is 0 Å². The lowest BCUT2D eigenvalue weighted by molar-refractivity contribution is -0.193. The first kappa shape index (κ1) is 36.8. The lowest BCUT2D eigenvalue weighted by atomic mass is 9.98. The summed E-state index contributed by atoms with van der Waals surface area (Å²) < 4.78 is 68.8. The molecule has 2 aromatic carbocycles. The maximum atomic E-state index is 12.8. The summed E-state index contributed by atoms with van der Waals surface area (Å²) in [6.45, 7) is 3.80. The second-order valence-electron chi connectivity index (χ2n) is 9.32. The average Bonchev–Trinajstić information content (AvgIpc) is 3.64. The lowest BCUT2D eigenvalue weighted by Gasteiger charge is -2.09. The summed E-state index contributed by atoms with van der Waals surface area (Å²) in [4.78, 5) is 38.3. The second-order valence-corrected chi connectivity index (χ2v) is 9.32. The first-order valence-electron chi connectivity index (χ1n) is 13.2. The Labute approximate surface area is 257 Å². The van der Waals surface area contributed by atoms with E-state index in [1.54, 1.807) is 13.0 Å². The zero-order valence-corrected chi connectivity index (χ0v) is 24.1. The molecule has 17 heteroatoms. The third kappa shape index (κ3) is 11.3. The van der Waals surface area contributed by atoms with E-state index in [-0.39, 0.29) is 11.8 Å². The Bertz CT molecular complexity index is 1540. The number of H-pyrrole nitrogens is 1. The van der Waals surface area contributed by atoms with Gasteiger partial charge in [0.2, 0.25) is 0 Å². The molecule has 1 aromatic heterocycles. The van der Waals surface area contributed by atoms with Gasteiger partial charge in [0.05, 0.1) is 18.7 Å². The smallest absolute Gasteiger partial charge is 0.475 e. The van der Waals surface area contributed by atoms with Crippen LogP contribution in [-0.2, 0) is 27.2 Å². The number of carbonyl (C=O) groups excluding carboxylic acids is 1. The summed E-state index contributed by atoms with van der Waals surface area (Å²) in [5, 5.41) is 25.2. The number of aromatic nitrogens is 1. The molecular weight excluding hydrogens is 628 g/mol. The van der Waals surface area contributed by atoms with E-state index in [0.29, 0.717) is 30.6 Å². The molecule has 0 saturated carbocycles. The summed E-state index contributed by atoms with van der Waals surface area (Å²) in [6, 6.07) is 15.7. The van der Waals surface area contributed by atoms with E-state index in [4.69, 9.17) is 35.7 Å². The third-order valence-corrected chi connectivity index (χ3v) is 5.92. The second kappa shape index (κ2) is 16.1. The van der Waals surface area contributed by atoms with Gasteiger partial charge in [0.15, 0.2) is 0 Å². The fraction of sp³-hybridized carbons (Fsp3) is 0.276. The normalized spacial score (nSPS) is 12.4. The molecule has 1 aliphatic heterocycles. The zero-order valence-electron chi connectivity index (χ0n) is 24.1. The minimum Gasteiger partial charge on any atom is -0.475 e. The number of carboxylic acids is 2. The molecule has 0 fully saturated rings. The molecule has 0 unspecified atom stereocenters. The number of halogens is 6. The number of alkyl halides is 6. The standard InChI is InChI=1S/C25H27N5O2.2C2HF3O2/c1-2-32-25(31)22-20(12-16-6-8-18(9-7-16)24-28-10-11-29-24)15-30-21(22)14-17-4-3-5-19(13-17)23(26)27;2*3-2(4,5)1(6)7/h3-9,13,15,30H,2,10-12,14H2,1H3,(H3,26,27)(H,28,29);2*(H,6,7). The van der Waals surface area contributed by atoms with Crippen molar-refractivity contribution < 1.29 is 55.7 Å². The topological polar surface area (TPSA) is 191 Å². The van der Waals surface area contributed by atoms with Crippen LogP contribution in [0.1, 0.15) is 50.8 Å². The van der Waals surface area contributed by atoms with Crippen molar-refractivity contribution in [1.29, 1.82) is 5.41 Å². The van der Waals surface area contributed by atoms with Gasteiger partial charge in [0.1, 0.15) is 11.7 Å². The number of nitrogens with one attached hydrogen (secondary N) is 3. The van der Waals surface area contributed by atoms with Crippen LogP contribution < -0.4 is 11.1 Å². The van der Waals surface area contributed by atoms with Crippen LogP contribution in [0, 0.1) is 5.41 Å². The molecular formula is C29H29F6N5O6.